The quantitative estimate of drug-likeness (QED) is 0.679. The number of morpholine rings is 1. The van der Waals surface area contributed by atoms with Gasteiger partial charge in [0.15, 0.2) is 6.10 Å². The molecule has 0 saturated carbocycles. The number of amides is 2. The molecule has 0 radical (unpaired) electrons. The lowest BCUT2D eigenvalue weighted by Gasteiger charge is -2.36. The minimum Gasteiger partial charge on any atom is -0.497 e. The second kappa shape index (κ2) is 10.4. The second-order valence-electron chi connectivity index (χ2n) is 8.00. The molecule has 0 bridgehead atoms. The van der Waals surface area contributed by atoms with Crippen molar-refractivity contribution in [3.05, 3.63) is 29.8 Å². The Labute approximate surface area is 177 Å². The van der Waals surface area contributed by atoms with E-state index in [-0.39, 0.29) is 24.0 Å². The molecule has 0 unspecified atom stereocenters. The van der Waals surface area contributed by atoms with E-state index in [0.717, 1.165) is 0 Å². The van der Waals surface area contributed by atoms with Crippen molar-refractivity contribution >= 4 is 17.8 Å². The van der Waals surface area contributed by atoms with Crippen molar-refractivity contribution in [2.75, 3.05) is 20.2 Å². The highest BCUT2D eigenvalue weighted by atomic mass is 16.6. The maximum atomic E-state index is 12.7. The third kappa shape index (κ3) is 6.19. The zero-order valence-electron chi connectivity index (χ0n) is 18.5. The van der Waals surface area contributed by atoms with Gasteiger partial charge in [0.2, 0.25) is 0 Å². The molecule has 30 heavy (non-hydrogen) atoms. The molecule has 8 heteroatoms. The van der Waals surface area contributed by atoms with E-state index in [1.165, 1.54) is 0 Å². The Hall–Kier alpha value is -2.61. The Bertz CT molecular complexity index is 738. The maximum Gasteiger partial charge on any atom is 0.329 e. The van der Waals surface area contributed by atoms with Crippen LogP contribution >= 0.6 is 0 Å². The minimum atomic E-state index is -0.950. The van der Waals surface area contributed by atoms with Crippen LogP contribution in [0.15, 0.2) is 24.3 Å². The third-order valence-electron chi connectivity index (χ3n) is 4.93. The van der Waals surface area contributed by atoms with Crippen LogP contribution in [-0.4, -0.2) is 67.2 Å². The molecule has 2 rings (SSSR count). The van der Waals surface area contributed by atoms with Crippen molar-refractivity contribution in [2.45, 2.75) is 59.0 Å². The molecule has 4 atom stereocenters. The summed E-state index contributed by atoms with van der Waals surface area (Å²) in [5.41, 5.74) is 0.398. The second-order valence-corrected chi connectivity index (χ2v) is 8.00. The number of benzene rings is 1. The van der Waals surface area contributed by atoms with Gasteiger partial charge in [0, 0.05) is 18.7 Å². The number of methoxy groups -OCH3 is 1. The van der Waals surface area contributed by atoms with Gasteiger partial charge in [0.05, 0.1) is 19.3 Å². The molecule has 8 nitrogen and oxygen atoms in total. The van der Waals surface area contributed by atoms with Crippen LogP contribution in [0.2, 0.25) is 0 Å². The van der Waals surface area contributed by atoms with E-state index in [9.17, 15) is 14.4 Å². The van der Waals surface area contributed by atoms with Gasteiger partial charge in [-0.05, 0) is 51.0 Å². The highest BCUT2D eigenvalue weighted by Gasteiger charge is 2.33. The van der Waals surface area contributed by atoms with Crippen molar-refractivity contribution in [1.29, 1.82) is 0 Å². The Kier molecular flexibility index (Phi) is 8.23. The molecular formula is C22H32N2O6. The number of rotatable bonds is 7. The van der Waals surface area contributed by atoms with Gasteiger partial charge in [-0.1, -0.05) is 13.8 Å². The number of hydrogen-bond donors (Lipinski definition) is 1. The zero-order chi connectivity index (χ0) is 22.4. The zero-order valence-corrected chi connectivity index (χ0v) is 18.5. The van der Waals surface area contributed by atoms with Gasteiger partial charge in [0.25, 0.3) is 11.8 Å². The van der Waals surface area contributed by atoms with Crippen LogP contribution in [-0.2, 0) is 19.1 Å². The summed E-state index contributed by atoms with van der Waals surface area (Å²) in [5, 5.41) is 2.71. The first kappa shape index (κ1) is 23.7. The molecule has 0 aliphatic carbocycles. The number of carbonyl (C=O) groups excluding carboxylic acids is 3. The summed E-state index contributed by atoms with van der Waals surface area (Å²) >= 11 is 0. The predicted molar refractivity (Wildman–Crippen MR) is 111 cm³/mol. The molecule has 1 N–H and O–H groups in total. The van der Waals surface area contributed by atoms with Gasteiger partial charge in [-0.25, -0.2) is 4.79 Å². The fraction of sp³-hybridized carbons (Fsp3) is 0.591. The summed E-state index contributed by atoms with van der Waals surface area (Å²) < 4.78 is 16.2. The average Bonchev–Trinajstić information content (AvgIpc) is 2.70. The number of nitrogens with zero attached hydrogens (tertiary/aromatic N) is 1. The SMILES string of the molecule is COc1ccc(C(=O)N[C@H](C(=O)O[C@H](C)C(=O)N2C[C@@H](C)O[C@H](C)C2)C(C)C)cc1. The molecule has 1 aromatic carbocycles. The first-order valence-electron chi connectivity index (χ1n) is 10.2. The van der Waals surface area contributed by atoms with Gasteiger partial charge >= 0.3 is 5.97 Å². The lowest BCUT2D eigenvalue weighted by Crippen LogP contribution is -2.52. The molecular weight excluding hydrogens is 388 g/mol. The van der Waals surface area contributed by atoms with Crippen LogP contribution in [0.3, 0.4) is 0 Å². The van der Waals surface area contributed by atoms with Crippen LogP contribution < -0.4 is 10.1 Å². The van der Waals surface area contributed by atoms with Crippen molar-refractivity contribution in [3.63, 3.8) is 0 Å². The van der Waals surface area contributed by atoms with Crippen molar-refractivity contribution < 1.29 is 28.6 Å². The average molecular weight is 421 g/mol. The van der Waals surface area contributed by atoms with E-state index in [0.29, 0.717) is 24.4 Å². The Morgan fingerprint density at radius 1 is 1.07 bits per heavy atom. The van der Waals surface area contributed by atoms with Gasteiger partial charge in [-0.15, -0.1) is 0 Å². The van der Waals surface area contributed by atoms with Crippen molar-refractivity contribution in [2.24, 2.45) is 5.92 Å². The molecule has 1 aliphatic heterocycles. The fourth-order valence-corrected chi connectivity index (χ4v) is 3.38. The number of esters is 1. The van der Waals surface area contributed by atoms with Crippen LogP contribution in [0, 0.1) is 5.92 Å². The lowest BCUT2D eigenvalue weighted by molar-refractivity contribution is -0.166. The molecule has 0 aromatic heterocycles. The number of carbonyl (C=O) groups is 3. The van der Waals surface area contributed by atoms with Crippen LogP contribution in [0.25, 0.3) is 0 Å². The summed E-state index contributed by atoms with van der Waals surface area (Å²) in [5.74, 6) is -0.893. The van der Waals surface area contributed by atoms with Crippen molar-refractivity contribution in [1.82, 2.24) is 10.2 Å². The monoisotopic (exact) mass is 420 g/mol. The molecule has 1 heterocycles. The highest BCUT2D eigenvalue weighted by Crippen LogP contribution is 2.15. The Morgan fingerprint density at radius 2 is 1.63 bits per heavy atom. The van der Waals surface area contributed by atoms with E-state index in [2.05, 4.69) is 5.32 Å². The van der Waals surface area contributed by atoms with Gasteiger partial charge < -0.3 is 24.4 Å². The first-order valence-corrected chi connectivity index (χ1v) is 10.2. The third-order valence-corrected chi connectivity index (χ3v) is 4.93. The molecule has 1 aliphatic rings. The molecule has 1 fully saturated rings. The van der Waals surface area contributed by atoms with Crippen LogP contribution in [0.1, 0.15) is 45.0 Å². The minimum absolute atomic E-state index is 0.0761. The van der Waals surface area contributed by atoms with E-state index in [1.54, 1.807) is 57.0 Å². The molecule has 1 aromatic rings. The van der Waals surface area contributed by atoms with E-state index in [4.69, 9.17) is 14.2 Å². The summed E-state index contributed by atoms with van der Waals surface area (Å²) in [6.07, 6.45) is -1.10. The smallest absolute Gasteiger partial charge is 0.329 e. The largest absolute Gasteiger partial charge is 0.497 e. The predicted octanol–water partition coefficient (Wildman–Crippen LogP) is 2.02. The number of hydrogen-bond acceptors (Lipinski definition) is 6. The molecule has 2 amide bonds. The first-order chi connectivity index (χ1) is 14.1. The molecule has 166 valence electrons. The summed E-state index contributed by atoms with van der Waals surface area (Å²) in [6, 6.07) is 5.69. The van der Waals surface area contributed by atoms with Crippen molar-refractivity contribution in [3.8, 4) is 5.75 Å². The summed E-state index contributed by atoms with van der Waals surface area (Å²) in [6.45, 7) is 9.86. The van der Waals surface area contributed by atoms with Crippen LogP contribution in [0.4, 0.5) is 0 Å². The van der Waals surface area contributed by atoms with Gasteiger partial charge in [0.1, 0.15) is 11.8 Å². The molecule has 1 saturated heterocycles. The summed E-state index contributed by atoms with van der Waals surface area (Å²) in [7, 11) is 1.54. The molecule has 0 spiro atoms. The Balaban J connectivity index is 2.00. The normalized spacial score (nSPS) is 21.0. The van der Waals surface area contributed by atoms with E-state index >= 15 is 0 Å². The standard InChI is InChI=1S/C22H32N2O6/c1-13(2)19(23-20(25)17-7-9-18(28-6)10-8-17)22(27)30-16(5)21(26)24-11-14(3)29-15(4)12-24/h7-10,13-16,19H,11-12H2,1-6H3,(H,23,25)/t14-,15-,16-,19+/m1/s1. The Morgan fingerprint density at radius 3 is 2.13 bits per heavy atom. The van der Waals surface area contributed by atoms with Gasteiger partial charge in [-0.3, -0.25) is 9.59 Å². The number of nitrogens with one attached hydrogen (secondary N) is 1. The topological polar surface area (TPSA) is 94.2 Å². The lowest BCUT2D eigenvalue weighted by atomic mass is 10.0. The maximum absolute atomic E-state index is 12.7. The van der Waals surface area contributed by atoms with Gasteiger partial charge in [-0.2, -0.15) is 0 Å². The highest BCUT2D eigenvalue weighted by molar-refractivity contribution is 5.97. The van der Waals surface area contributed by atoms with E-state index in [1.807, 2.05) is 13.8 Å². The van der Waals surface area contributed by atoms with Crippen LogP contribution in [0.5, 0.6) is 5.75 Å². The number of ether oxygens (including phenoxy) is 3. The fourth-order valence-electron chi connectivity index (χ4n) is 3.38. The van der Waals surface area contributed by atoms with E-state index < -0.39 is 24.0 Å². The summed E-state index contributed by atoms with van der Waals surface area (Å²) in [4.78, 5) is 39.6.